The molecule has 0 radical (unpaired) electrons. The molecule has 1 aliphatic carbocycles. The van der Waals surface area contributed by atoms with Gasteiger partial charge in [0.1, 0.15) is 5.82 Å². The number of nitrogens with zero attached hydrogens (tertiary/aromatic N) is 1. The highest BCUT2D eigenvalue weighted by molar-refractivity contribution is 5.60. The number of anilines is 1. The zero-order valence-corrected chi connectivity index (χ0v) is 11.9. The summed E-state index contributed by atoms with van der Waals surface area (Å²) in [6, 6.07) is 5.18. The van der Waals surface area contributed by atoms with Crippen molar-refractivity contribution in [1.29, 1.82) is 0 Å². The predicted molar refractivity (Wildman–Crippen MR) is 76.9 cm³/mol. The molecule has 1 aromatic carbocycles. The van der Waals surface area contributed by atoms with Crippen molar-refractivity contribution in [2.45, 2.75) is 45.1 Å². The first-order valence-electron chi connectivity index (χ1n) is 7.22. The summed E-state index contributed by atoms with van der Waals surface area (Å²) in [6.07, 6.45) is 4.43. The Bertz CT molecular complexity index is 498. The fraction of sp³-hybridized carbons (Fsp3) is 0.625. The molecule has 19 heavy (non-hydrogen) atoms. The summed E-state index contributed by atoms with van der Waals surface area (Å²) in [4.78, 5) is 2.39. The fourth-order valence-corrected chi connectivity index (χ4v) is 4.00. The monoisotopic (exact) mass is 262 g/mol. The topological polar surface area (TPSA) is 29.3 Å². The average Bonchev–Trinajstić information content (AvgIpc) is 2.90. The van der Waals surface area contributed by atoms with Gasteiger partial charge in [0.25, 0.3) is 0 Å². The zero-order valence-electron chi connectivity index (χ0n) is 11.9. The van der Waals surface area contributed by atoms with Crippen LogP contribution < -0.4 is 10.6 Å². The summed E-state index contributed by atoms with van der Waals surface area (Å²) >= 11 is 0. The van der Waals surface area contributed by atoms with Crippen molar-refractivity contribution in [2.75, 3.05) is 18.0 Å². The molecule has 2 nitrogen and oxygen atoms in total. The Morgan fingerprint density at radius 2 is 2.11 bits per heavy atom. The van der Waals surface area contributed by atoms with Gasteiger partial charge in [0, 0.05) is 18.8 Å². The Morgan fingerprint density at radius 3 is 2.74 bits per heavy atom. The van der Waals surface area contributed by atoms with Crippen molar-refractivity contribution in [3.63, 3.8) is 0 Å². The van der Waals surface area contributed by atoms with E-state index in [0.717, 1.165) is 31.5 Å². The van der Waals surface area contributed by atoms with Gasteiger partial charge < -0.3 is 10.6 Å². The minimum Gasteiger partial charge on any atom is -0.364 e. The van der Waals surface area contributed by atoms with Gasteiger partial charge in [-0.15, -0.1) is 0 Å². The van der Waals surface area contributed by atoms with Crippen molar-refractivity contribution in [3.05, 3.63) is 29.6 Å². The molecule has 0 saturated heterocycles. The summed E-state index contributed by atoms with van der Waals surface area (Å²) < 4.78 is 13.5. The van der Waals surface area contributed by atoms with Gasteiger partial charge >= 0.3 is 0 Å². The summed E-state index contributed by atoms with van der Waals surface area (Å²) in [7, 11) is 0. The van der Waals surface area contributed by atoms with Crippen LogP contribution >= 0.6 is 0 Å². The Kier molecular flexibility index (Phi) is 2.86. The third-order valence-corrected chi connectivity index (χ3v) is 4.97. The molecule has 1 saturated carbocycles. The molecule has 1 fully saturated rings. The van der Waals surface area contributed by atoms with Gasteiger partial charge in [0.05, 0.1) is 5.54 Å². The SMILES string of the molecule is CC1(C)CCC(CN)(N2CCc3ccc(F)cc32)C1. The standard InChI is InChI=1S/C16H23FN2/c1-15(2)6-7-16(10-15,11-18)19-8-5-12-3-4-13(17)9-14(12)19/h3-4,9H,5-8,10-11,18H2,1-2H3. The summed E-state index contributed by atoms with van der Waals surface area (Å²) in [5, 5.41) is 0. The molecule has 104 valence electrons. The molecule has 1 heterocycles. The van der Waals surface area contributed by atoms with Gasteiger partial charge in [0.15, 0.2) is 0 Å². The first-order chi connectivity index (χ1) is 8.96. The lowest BCUT2D eigenvalue weighted by atomic mass is 9.86. The van der Waals surface area contributed by atoms with Crippen LogP contribution in [0.2, 0.25) is 0 Å². The van der Waals surface area contributed by atoms with Gasteiger partial charge in [0.2, 0.25) is 0 Å². The predicted octanol–water partition coefficient (Wildman–Crippen LogP) is 3.10. The molecule has 0 amide bonds. The normalized spacial score (nSPS) is 28.7. The molecule has 3 rings (SSSR count). The van der Waals surface area contributed by atoms with E-state index in [1.807, 2.05) is 6.07 Å². The molecule has 1 aromatic rings. The van der Waals surface area contributed by atoms with Crippen molar-refractivity contribution >= 4 is 5.69 Å². The summed E-state index contributed by atoms with van der Waals surface area (Å²) in [6.45, 7) is 6.26. The van der Waals surface area contributed by atoms with E-state index in [1.54, 1.807) is 12.1 Å². The van der Waals surface area contributed by atoms with Crippen LogP contribution in [0, 0.1) is 11.2 Å². The lowest BCUT2D eigenvalue weighted by molar-refractivity contribution is 0.327. The van der Waals surface area contributed by atoms with E-state index in [1.165, 1.54) is 12.0 Å². The van der Waals surface area contributed by atoms with Crippen LogP contribution in [-0.4, -0.2) is 18.6 Å². The molecule has 0 bridgehead atoms. The maximum atomic E-state index is 13.5. The number of nitrogens with two attached hydrogens (primary N) is 1. The zero-order chi connectivity index (χ0) is 13.7. The van der Waals surface area contributed by atoms with Gasteiger partial charge in [-0.3, -0.25) is 0 Å². The lowest BCUT2D eigenvalue weighted by Gasteiger charge is -2.41. The molecule has 0 aromatic heterocycles. The van der Waals surface area contributed by atoms with Crippen LogP contribution in [0.4, 0.5) is 10.1 Å². The van der Waals surface area contributed by atoms with Crippen molar-refractivity contribution < 1.29 is 4.39 Å². The van der Waals surface area contributed by atoms with Crippen LogP contribution in [-0.2, 0) is 6.42 Å². The van der Waals surface area contributed by atoms with Crippen molar-refractivity contribution in [2.24, 2.45) is 11.1 Å². The maximum absolute atomic E-state index is 13.5. The van der Waals surface area contributed by atoms with Crippen LogP contribution in [0.25, 0.3) is 0 Å². The Labute approximate surface area is 114 Å². The Morgan fingerprint density at radius 1 is 1.32 bits per heavy atom. The van der Waals surface area contributed by atoms with Gasteiger partial charge in [-0.1, -0.05) is 19.9 Å². The van der Waals surface area contributed by atoms with Crippen LogP contribution in [0.1, 0.15) is 38.7 Å². The highest BCUT2D eigenvalue weighted by atomic mass is 19.1. The molecule has 1 atom stereocenters. The number of halogens is 1. The van der Waals surface area contributed by atoms with Gasteiger partial charge in [-0.05, 0) is 48.8 Å². The Hall–Kier alpha value is -1.09. The first kappa shape index (κ1) is 12.9. The summed E-state index contributed by atoms with van der Waals surface area (Å²) in [5.41, 5.74) is 8.84. The van der Waals surface area contributed by atoms with E-state index in [4.69, 9.17) is 5.73 Å². The molecule has 1 unspecified atom stereocenters. The molecule has 1 aliphatic heterocycles. The van der Waals surface area contributed by atoms with Crippen LogP contribution in [0.3, 0.4) is 0 Å². The number of rotatable bonds is 2. The second-order valence-corrected chi connectivity index (χ2v) is 6.94. The number of benzene rings is 1. The molecule has 0 spiro atoms. The third kappa shape index (κ3) is 2.04. The Balaban J connectivity index is 1.98. The quantitative estimate of drug-likeness (QED) is 0.887. The maximum Gasteiger partial charge on any atom is 0.125 e. The molecule has 2 aliphatic rings. The third-order valence-electron chi connectivity index (χ3n) is 4.97. The van der Waals surface area contributed by atoms with E-state index in [2.05, 4.69) is 18.7 Å². The van der Waals surface area contributed by atoms with Crippen LogP contribution in [0.15, 0.2) is 18.2 Å². The lowest BCUT2D eigenvalue weighted by Crippen LogP contribution is -2.52. The van der Waals surface area contributed by atoms with Crippen molar-refractivity contribution in [3.8, 4) is 0 Å². The summed E-state index contributed by atoms with van der Waals surface area (Å²) in [5.74, 6) is -0.143. The molecular formula is C16H23FN2. The second-order valence-electron chi connectivity index (χ2n) is 6.94. The smallest absolute Gasteiger partial charge is 0.125 e. The van der Waals surface area contributed by atoms with E-state index in [0.29, 0.717) is 12.0 Å². The molecule has 2 N–H and O–H groups in total. The van der Waals surface area contributed by atoms with E-state index in [9.17, 15) is 4.39 Å². The van der Waals surface area contributed by atoms with E-state index < -0.39 is 0 Å². The van der Waals surface area contributed by atoms with E-state index >= 15 is 0 Å². The minimum atomic E-state index is -0.143. The number of fused-ring (bicyclic) bond motifs is 1. The van der Waals surface area contributed by atoms with Crippen LogP contribution in [0.5, 0.6) is 0 Å². The number of hydrogen-bond acceptors (Lipinski definition) is 2. The largest absolute Gasteiger partial charge is 0.364 e. The van der Waals surface area contributed by atoms with Gasteiger partial charge in [-0.2, -0.15) is 0 Å². The average molecular weight is 262 g/mol. The molecule has 3 heteroatoms. The highest BCUT2D eigenvalue weighted by Crippen LogP contribution is 2.49. The number of hydrogen-bond donors (Lipinski definition) is 1. The second kappa shape index (κ2) is 4.20. The minimum absolute atomic E-state index is 0.0303. The fourth-order valence-electron chi connectivity index (χ4n) is 4.00. The van der Waals surface area contributed by atoms with Gasteiger partial charge in [-0.25, -0.2) is 4.39 Å². The molecular weight excluding hydrogens is 239 g/mol. The van der Waals surface area contributed by atoms with Crippen molar-refractivity contribution in [1.82, 2.24) is 0 Å². The first-order valence-corrected chi connectivity index (χ1v) is 7.22. The van der Waals surface area contributed by atoms with E-state index in [-0.39, 0.29) is 11.4 Å². The highest BCUT2D eigenvalue weighted by Gasteiger charge is 2.47.